The van der Waals surface area contributed by atoms with Gasteiger partial charge in [-0.3, -0.25) is 0 Å². The Hall–Kier alpha value is -2.60. The minimum atomic E-state index is -0.283. The van der Waals surface area contributed by atoms with E-state index >= 15 is 0 Å². The first-order chi connectivity index (χ1) is 11.8. The molecule has 0 amide bonds. The summed E-state index contributed by atoms with van der Waals surface area (Å²) in [5, 5.41) is 5.98. The molecule has 0 aliphatic heterocycles. The predicted octanol–water partition coefficient (Wildman–Crippen LogP) is 4.48. The van der Waals surface area contributed by atoms with Crippen molar-refractivity contribution in [2.24, 2.45) is 0 Å². The molecule has 6 heteroatoms. The van der Waals surface area contributed by atoms with Crippen LogP contribution in [0.3, 0.4) is 0 Å². The summed E-state index contributed by atoms with van der Waals surface area (Å²) in [7, 11) is 1.59. The quantitative estimate of drug-likeness (QED) is 0.686. The zero-order chi connectivity index (χ0) is 16.8. The van der Waals surface area contributed by atoms with Crippen molar-refractivity contribution in [3.63, 3.8) is 0 Å². The molecule has 24 heavy (non-hydrogen) atoms. The van der Waals surface area contributed by atoms with Gasteiger partial charge in [-0.1, -0.05) is 30.3 Å². The van der Waals surface area contributed by atoms with Crippen LogP contribution in [0.5, 0.6) is 11.5 Å². The van der Waals surface area contributed by atoms with Crippen LogP contribution in [0.4, 0.5) is 9.52 Å². The molecule has 0 atom stereocenters. The normalized spacial score (nSPS) is 10.4. The van der Waals surface area contributed by atoms with Crippen molar-refractivity contribution in [1.29, 1.82) is 0 Å². The van der Waals surface area contributed by atoms with Crippen molar-refractivity contribution >= 4 is 16.5 Å². The van der Waals surface area contributed by atoms with Gasteiger partial charge in [-0.2, -0.15) is 0 Å². The summed E-state index contributed by atoms with van der Waals surface area (Å²) >= 11 is 1.53. The van der Waals surface area contributed by atoms with E-state index in [1.54, 1.807) is 31.5 Å². The van der Waals surface area contributed by atoms with Crippen LogP contribution in [0.1, 0.15) is 11.1 Å². The first-order valence-electron chi connectivity index (χ1n) is 7.43. The Morgan fingerprint density at radius 2 is 1.96 bits per heavy atom. The van der Waals surface area contributed by atoms with Crippen molar-refractivity contribution < 1.29 is 13.9 Å². The molecule has 0 saturated carbocycles. The van der Waals surface area contributed by atoms with E-state index in [2.05, 4.69) is 10.3 Å². The fourth-order valence-electron chi connectivity index (χ4n) is 2.27. The maximum atomic E-state index is 13.8. The molecular weight excluding hydrogens is 327 g/mol. The van der Waals surface area contributed by atoms with Gasteiger partial charge < -0.3 is 14.8 Å². The average molecular weight is 344 g/mol. The first kappa shape index (κ1) is 16.3. The molecule has 1 N–H and O–H groups in total. The molecule has 0 aliphatic rings. The van der Waals surface area contributed by atoms with Crippen molar-refractivity contribution in [2.45, 2.75) is 13.2 Å². The Morgan fingerprint density at radius 3 is 2.71 bits per heavy atom. The van der Waals surface area contributed by atoms with Gasteiger partial charge in [-0.05, 0) is 12.1 Å². The van der Waals surface area contributed by atoms with Crippen LogP contribution in [0.15, 0.2) is 54.0 Å². The zero-order valence-electron chi connectivity index (χ0n) is 13.2. The number of methoxy groups -OCH3 is 1. The van der Waals surface area contributed by atoms with E-state index in [9.17, 15) is 4.39 Å². The maximum absolute atomic E-state index is 13.8. The van der Waals surface area contributed by atoms with E-state index in [0.717, 1.165) is 10.7 Å². The molecule has 1 heterocycles. The first-order valence-corrected chi connectivity index (χ1v) is 8.31. The number of thiazole rings is 1. The summed E-state index contributed by atoms with van der Waals surface area (Å²) in [6, 6.07) is 12.2. The van der Waals surface area contributed by atoms with Gasteiger partial charge in [-0.15, -0.1) is 11.3 Å². The van der Waals surface area contributed by atoms with E-state index in [1.165, 1.54) is 17.4 Å². The van der Waals surface area contributed by atoms with Crippen LogP contribution in [0.25, 0.3) is 0 Å². The minimum Gasteiger partial charge on any atom is -0.493 e. The Morgan fingerprint density at radius 1 is 1.12 bits per heavy atom. The molecule has 3 aromatic rings. The van der Waals surface area contributed by atoms with Gasteiger partial charge in [0.15, 0.2) is 16.6 Å². The number of para-hydroxylation sites is 1. The summed E-state index contributed by atoms with van der Waals surface area (Å²) in [5.74, 6) is 0.937. The topological polar surface area (TPSA) is 43.4 Å². The SMILES string of the molecule is COc1cccc(CNc2nccs2)c1OCc1ccccc1F. The third-order valence-electron chi connectivity index (χ3n) is 3.47. The van der Waals surface area contributed by atoms with Gasteiger partial charge in [0.1, 0.15) is 12.4 Å². The molecule has 3 rings (SSSR count). The maximum Gasteiger partial charge on any atom is 0.182 e. The van der Waals surface area contributed by atoms with Gasteiger partial charge in [0.2, 0.25) is 0 Å². The van der Waals surface area contributed by atoms with Gasteiger partial charge in [0, 0.05) is 29.2 Å². The minimum absolute atomic E-state index is 0.136. The third-order valence-corrected chi connectivity index (χ3v) is 4.20. The molecule has 0 radical (unpaired) electrons. The number of benzene rings is 2. The smallest absolute Gasteiger partial charge is 0.182 e. The largest absolute Gasteiger partial charge is 0.493 e. The van der Waals surface area contributed by atoms with Crippen molar-refractivity contribution in [1.82, 2.24) is 4.98 Å². The molecule has 0 spiro atoms. The summed E-state index contributed by atoms with van der Waals surface area (Å²) < 4.78 is 25.0. The van der Waals surface area contributed by atoms with Crippen LogP contribution in [-0.4, -0.2) is 12.1 Å². The second-order valence-corrected chi connectivity index (χ2v) is 5.91. The van der Waals surface area contributed by atoms with Crippen molar-refractivity contribution in [3.05, 3.63) is 71.0 Å². The number of rotatable bonds is 7. The Labute approximate surface area is 143 Å². The standard InChI is InChI=1S/C18H17FN2O2S/c1-22-16-8-4-6-13(11-21-18-20-9-10-24-18)17(16)23-12-14-5-2-3-7-15(14)19/h2-10H,11-12H2,1H3,(H,20,21). The molecule has 0 bridgehead atoms. The lowest BCUT2D eigenvalue weighted by Gasteiger charge is -2.15. The molecule has 0 fully saturated rings. The number of hydrogen-bond acceptors (Lipinski definition) is 5. The van der Waals surface area contributed by atoms with Crippen LogP contribution in [0.2, 0.25) is 0 Å². The van der Waals surface area contributed by atoms with Crippen LogP contribution in [0, 0.1) is 5.82 Å². The van der Waals surface area contributed by atoms with E-state index in [-0.39, 0.29) is 12.4 Å². The Balaban J connectivity index is 1.78. The highest BCUT2D eigenvalue weighted by Gasteiger charge is 2.12. The lowest BCUT2D eigenvalue weighted by molar-refractivity contribution is 0.277. The summed E-state index contributed by atoms with van der Waals surface area (Å²) in [5.41, 5.74) is 1.42. The number of nitrogens with zero attached hydrogens (tertiary/aromatic N) is 1. The number of halogens is 1. The summed E-state index contributed by atoms with van der Waals surface area (Å²) in [4.78, 5) is 4.19. The van der Waals surface area contributed by atoms with E-state index in [0.29, 0.717) is 23.6 Å². The lowest BCUT2D eigenvalue weighted by atomic mass is 10.1. The second-order valence-electron chi connectivity index (χ2n) is 5.02. The predicted molar refractivity (Wildman–Crippen MR) is 93.2 cm³/mol. The zero-order valence-corrected chi connectivity index (χ0v) is 14.0. The van der Waals surface area contributed by atoms with Crippen molar-refractivity contribution in [2.75, 3.05) is 12.4 Å². The lowest BCUT2D eigenvalue weighted by Crippen LogP contribution is -2.06. The van der Waals surface area contributed by atoms with Crippen LogP contribution >= 0.6 is 11.3 Å². The molecule has 0 aliphatic carbocycles. The van der Waals surface area contributed by atoms with Gasteiger partial charge in [-0.25, -0.2) is 9.37 Å². The molecule has 1 aromatic heterocycles. The molecule has 2 aromatic carbocycles. The fraction of sp³-hybridized carbons (Fsp3) is 0.167. The van der Waals surface area contributed by atoms with Gasteiger partial charge >= 0.3 is 0 Å². The van der Waals surface area contributed by atoms with Gasteiger partial charge in [0.25, 0.3) is 0 Å². The number of aromatic nitrogens is 1. The van der Waals surface area contributed by atoms with Crippen LogP contribution in [-0.2, 0) is 13.2 Å². The van der Waals surface area contributed by atoms with E-state index in [1.807, 2.05) is 23.6 Å². The number of anilines is 1. The highest BCUT2D eigenvalue weighted by molar-refractivity contribution is 7.13. The summed E-state index contributed by atoms with van der Waals surface area (Å²) in [6.07, 6.45) is 1.74. The number of hydrogen-bond donors (Lipinski definition) is 1. The molecule has 0 unspecified atom stereocenters. The van der Waals surface area contributed by atoms with Crippen LogP contribution < -0.4 is 14.8 Å². The molecule has 4 nitrogen and oxygen atoms in total. The molecule has 124 valence electrons. The molecule has 0 saturated heterocycles. The number of ether oxygens (including phenoxy) is 2. The van der Waals surface area contributed by atoms with E-state index < -0.39 is 0 Å². The molecular formula is C18H17FN2O2S. The van der Waals surface area contributed by atoms with Crippen molar-refractivity contribution in [3.8, 4) is 11.5 Å². The van der Waals surface area contributed by atoms with E-state index in [4.69, 9.17) is 9.47 Å². The fourth-order valence-corrected chi connectivity index (χ4v) is 2.80. The Kier molecular flexibility index (Phi) is 5.28. The third kappa shape index (κ3) is 3.83. The summed E-state index contributed by atoms with van der Waals surface area (Å²) in [6.45, 7) is 0.675. The highest BCUT2D eigenvalue weighted by Crippen LogP contribution is 2.32. The van der Waals surface area contributed by atoms with Gasteiger partial charge in [0.05, 0.1) is 7.11 Å². The Bertz CT molecular complexity index is 793. The average Bonchev–Trinajstić information content (AvgIpc) is 3.13. The second kappa shape index (κ2) is 7.79. The highest BCUT2D eigenvalue weighted by atomic mass is 32.1. The number of nitrogens with one attached hydrogen (secondary N) is 1. The monoisotopic (exact) mass is 344 g/mol.